The topological polar surface area (TPSA) is 51.2 Å². The van der Waals surface area contributed by atoms with E-state index in [9.17, 15) is 4.79 Å². The van der Waals surface area contributed by atoms with Gasteiger partial charge in [0, 0.05) is 46.3 Å². The van der Waals surface area contributed by atoms with Crippen molar-refractivity contribution in [2.45, 2.75) is 58.1 Å². The van der Waals surface area contributed by atoms with Crippen LogP contribution in [0, 0.1) is 13.8 Å². The maximum Gasteiger partial charge on any atom is 0.222 e. The Labute approximate surface area is 210 Å². The largest absolute Gasteiger partial charge is 0.494 e. The fourth-order valence-electron chi connectivity index (χ4n) is 5.03. The Bertz CT molecular complexity index is 967. The van der Waals surface area contributed by atoms with Crippen molar-refractivity contribution in [1.29, 1.82) is 0 Å². The molecule has 6 nitrogen and oxygen atoms in total. The summed E-state index contributed by atoms with van der Waals surface area (Å²) in [5.74, 6) is 2.12. The normalized spacial score (nSPS) is 18.1. The van der Waals surface area contributed by atoms with Gasteiger partial charge in [0.2, 0.25) is 5.91 Å². The van der Waals surface area contributed by atoms with Crippen LogP contribution in [0.4, 0.5) is 0 Å². The van der Waals surface area contributed by atoms with Crippen LogP contribution in [0.25, 0.3) is 0 Å². The summed E-state index contributed by atoms with van der Waals surface area (Å²) >= 11 is 0. The lowest BCUT2D eigenvalue weighted by Crippen LogP contribution is -2.48. The highest BCUT2D eigenvalue weighted by atomic mass is 16.5. The van der Waals surface area contributed by atoms with E-state index in [1.54, 1.807) is 0 Å². The number of nitrogens with zero attached hydrogens (tertiary/aromatic N) is 2. The molecular formula is C29H40N2O4. The zero-order valence-electron chi connectivity index (χ0n) is 21.6. The van der Waals surface area contributed by atoms with E-state index in [1.165, 1.54) is 16.7 Å². The lowest BCUT2D eigenvalue weighted by molar-refractivity contribution is -0.127. The lowest BCUT2D eigenvalue weighted by Gasteiger charge is -2.40. The number of amides is 1. The maximum absolute atomic E-state index is 11.7. The van der Waals surface area contributed by atoms with Crippen LogP contribution in [0.2, 0.25) is 0 Å². The number of methoxy groups -OCH3 is 1. The molecule has 2 fully saturated rings. The highest BCUT2D eigenvalue weighted by molar-refractivity contribution is 5.77. The minimum atomic E-state index is -0.231. The number of aryl methyl sites for hydroxylation is 2. The van der Waals surface area contributed by atoms with E-state index in [0.29, 0.717) is 19.6 Å². The SMILES string of the molecule is COC1(COc2ccc(C)cc2C)CCN(Cc2ccc(OCCCN3CCCC3=O)cc2)CC1. The summed E-state index contributed by atoms with van der Waals surface area (Å²) in [4.78, 5) is 16.1. The molecule has 2 aromatic rings. The van der Waals surface area contributed by atoms with Crippen molar-refractivity contribution in [2.24, 2.45) is 0 Å². The summed E-state index contributed by atoms with van der Waals surface area (Å²) in [7, 11) is 1.81. The lowest BCUT2D eigenvalue weighted by atomic mass is 9.91. The first-order valence-electron chi connectivity index (χ1n) is 12.9. The van der Waals surface area contributed by atoms with E-state index >= 15 is 0 Å². The molecule has 0 aromatic heterocycles. The average Bonchev–Trinajstić information content (AvgIpc) is 3.28. The van der Waals surface area contributed by atoms with Crippen molar-refractivity contribution in [3.05, 3.63) is 59.2 Å². The van der Waals surface area contributed by atoms with Crippen LogP contribution in [0.15, 0.2) is 42.5 Å². The first kappa shape index (κ1) is 25.5. The molecule has 0 bridgehead atoms. The molecule has 0 N–H and O–H groups in total. The molecule has 2 saturated heterocycles. The third-order valence-corrected chi connectivity index (χ3v) is 7.36. The molecule has 0 atom stereocenters. The molecule has 0 spiro atoms. The summed E-state index contributed by atoms with van der Waals surface area (Å²) in [6.45, 7) is 10.0. The second kappa shape index (κ2) is 11.9. The van der Waals surface area contributed by atoms with Crippen molar-refractivity contribution in [1.82, 2.24) is 9.80 Å². The standard InChI is InChI=1S/C29H40N2O4/c1-23-7-12-27(24(2)20-23)35-22-29(33-3)13-17-30(18-14-29)21-25-8-10-26(11-9-25)34-19-5-16-31-15-4-6-28(31)32/h7-12,20H,4-6,13-19,21-22H2,1-3H3. The molecule has 35 heavy (non-hydrogen) atoms. The van der Waals surface area contributed by atoms with Gasteiger partial charge in [-0.2, -0.15) is 0 Å². The second-order valence-electron chi connectivity index (χ2n) is 10.1. The summed E-state index contributed by atoms with van der Waals surface area (Å²) in [5, 5.41) is 0. The van der Waals surface area contributed by atoms with Crippen LogP contribution in [-0.4, -0.2) is 67.8 Å². The number of hydrogen-bond acceptors (Lipinski definition) is 5. The zero-order chi connectivity index (χ0) is 24.7. The van der Waals surface area contributed by atoms with Gasteiger partial charge in [-0.3, -0.25) is 9.69 Å². The number of benzene rings is 2. The van der Waals surface area contributed by atoms with Crippen molar-refractivity contribution < 1.29 is 19.0 Å². The van der Waals surface area contributed by atoms with Gasteiger partial charge in [0.1, 0.15) is 23.7 Å². The van der Waals surface area contributed by atoms with E-state index in [-0.39, 0.29) is 11.5 Å². The Hall–Kier alpha value is -2.57. The number of carbonyl (C=O) groups excluding carboxylic acids is 1. The van der Waals surface area contributed by atoms with Crippen molar-refractivity contribution in [2.75, 3.05) is 46.5 Å². The van der Waals surface area contributed by atoms with E-state index in [0.717, 1.165) is 69.9 Å². The molecule has 190 valence electrons. The molecule has 2 aliphatic rings. The highest BCUT2D eigenvalue weighted by Crippen LogP contribution is 2.29. The zero-order valence-corrected chi connectivity index (χ0v) is 21.6. The van der Waals surface area contributed by atoms with E-state index in [2.05, 4.69) is 61.2 Å². The minimum absolute atomic E-state index is 0.231. The van der Waals surface area contributed by atoms with Crippen LogP contribution in [-0.2, 0) is 16.1 Å². The van der Waals surface area contributed by atoms with Gasteiger partial charge in [-0.25, -0.2) is 0 Å². The van der Waals surface area contributed by atoms with Gasteiger partial charge >= 0.3 is 0 Å². The minimum Gasteiger partial charge on any atom is -0.494 e. The van der Waals surface area contributed by atoms with Gasteiger partial charge in [-0.15, -0.1) is 0 Å². The summed E-state index contributed by atoms with van der Waals surface area (Å²) in [6, 6.07) is 14.7. The second-order valence-corrected chi connectivity index (χ2v) is 10.1. The van der Waals surface area contributed by atoms with E-state index in [1.807, 2.05) is 12.0 Å². The van der Waals surface area contributed by atoms with Crippen molar-refractivity contribution >= 4 is 5.91 Å². The number of carbonyl (C=O) groups is 1. The summed E-state index contributed by atoms with van der Waals surface area (Å²) in [6.07, 6.45) is 4.47. The number of hydrogen-bond donors (Lipinski definition) is 0. The van der Waals surface area contributed by atoms with Crippen molar-refractivity contribution in [3.8, 4) is 11.5 Å². The third kappa shape index (κ3) is 6.98. The molecule has 0 saturated carbocycles. The van der Waals surface area contributed by atoms with Gasteiger partial charge in [0.25, 0.3) is 0 Å². The molecule has 0 unspecified atom stereocenters. The van der Waals surface area contributed by atoms with E-state index in [4.69, 9.17) is 14.2 Å². The Morgan fingerprint density at radius 2 is 1.74 bits per heavy atom. The fourth-order valence-corrected chi connectivity index (χ4v) is 5.03. The smallest absolute Gasteiger partial charge is 0.222 e. The molecular weight excluding hydrogens is 440 g/mol. The van der Waals surface area contributed by atoms with Crippen LogP contribution >= 0.6 is 0 Å². The van der Waals surface area contributed by atoms with Crippen LogP contribution in [0.1, 0.15) is 48.8 Å². The van der Waals surface area contributed by atoms with Gasteiger partial charge in [-0.05, 0) is 68.9 Å². The van der Waals surface area contributed by atoms with Crippen molar-refractivity contribution in [3.63, 3.8) is 0 Å². The number of likely N-dealkylation sites (tertiary alicyclic amines) is 2. The quantitative estimate of drug-likeness (QED) is 0.434. The average molecular weight is 481 g/mol. The fraction of sp³-hybridized carbons (Fsp3) is 0.552. The maximum atomic E-state index is 11.7. The predicted molar refractivity (Wildman–Crippen MR) is 138 cm³/mol. The summed E-state index contributed by atoms with van der Waals surface area (Å²) < 4.78 is 18.0. The van der Waals surface area contributed by atoms with Crippen LogP contribution in [0.3, 0.4) is 0 Å². The number of rotatable bonds is 11. The molecule has 2 aliphatic heterocycles. The molecule has 2 heterocycles. The molecule has 0 aliphatic carbocycles. The van der Waals surface area contributed by atoms with Gasteiger partial charge in [-0.1, -0.05) is 29.8 Å². The molecule has 2 aromatic carbocycles. The van der Waals surface area contributed by atoms with Crippen LogP contribution < -0.4 is 9.47 Å². The Kier molecular flexibility index (Phi) is 8.69. The Morgan fingerprint density at radius 1 is 0.971 bits per heavy atom. The van der Waals surface area contributed by atoms with Gasteiger partial charge < -0.3 is 19.1 Å². The van der Waals surface area contributed by atoms with Crippen LogP contribution in [0.5, 0.6) is 11.5 Å². The van der Waals surface area contributed by atoms with Gasteiger partial charge in [0.15, 0.2) is 0 Å². The highest BCUT2D eigenvalue weighted by Gasteiger charge is 2.35. The van der Waals surface area contributed by atoms with Gasteiger partial charge in [0.05, 0.1) is 6.61 Å². The third-order valence-electron chi connectivity index (χ3n) is 7.36. The molecule has 6 heteroatoms. The molecule has 4 rings (SSSR count). The Balaban J connectivity index is 1.18. The molecule has 1 amide bonds. The first-order chi connectivity index (χ1) is 17.0. The van der Waals surface area contributed by atoms with E-state index < -0.39 is 0 Å². The number of piperidine rings is 1. The molecule has 0 radical (unpaired) electrons. The first-order valence-corrected chi connectivity index (χ1v) is 12.9. The number of ether oxygens (including phenoxy) is 3. The predicted octanol–water partition coefficient (Wildman–Crippen LogP) is 4.75. The summed E-state index contributed by atoms with van der Waals surface area (Å²) in [5.41, 5.74) is 3.48. The Morgan fingerprint density at radius 3 is 2.40 bits per heavy atom. The monoisotopic (exact) mass is 480 g/mol.